The number of nitrogens with zero attached hydrogens (tertiary/aromatic N) is 2. The number of nitrogens with one attached hydrogen (secondary N) is 1. The number of amides is 1. The minimum atomic E-state index is -0.332. The van der Waals surface area contributed by atoms with Crippen molar-refractivity contribution in [2.75, 3.05) is 24.6 Å². The molecule has 0 unspecified atom stereocenters. The van der Waals surface area contributed by atoms with Gasteiger partial charge in [-0.25, -0.2) is 4.79 Å². The zero-order valence-corrected chi connectivity index (χ0v) is 12.5. The largest absolute Gasteiger partial charge is 0.450 e. The molecule has 1 aliphatic rings. The molecule has 0 saturated carbocycles. The number of carbonyl (C=O) groups is 1. The minimum Gasteiger partial charge on any atom is -0.450 e. The molecular weight excluding hydrogens is 310 g/mol. The molecule has 0 aliphatic carbocycles. The minimum absolute atomic E-state index is 0.131. The summed E-state index contributed by atoms with van der Waals surface area (Å²) in [5.41, 5.74) is 1.07. The van der Waals surface area contributed by atoms with Gasteiger partial charge >= 0.3 is 6.09 Å². The molecule has 6 heteroatoms. The van der Waals surface area contributed by atoms with E-state index in [9.17, 15) is 4.79 Å². The van der Waals surface area contributed by atoms with Crippen molar-refractivity contribution in [3.05, 3.63) is 22.9 Å². The summed E-state index contributed by atoms with van der Waals surface area (Å²) in [7, 11) is 0. The molecule has 5 nitrogen and oxygen atoms in total. The van der Waals surface area contributed by atoms with E-state index in [-0.39, 0.29) is 12.1 Å². The second-order valence-electron chi connectivity index (χ2n) is 4.51. The first kappa shape index (κ1) is 14.1. The van der Waals surface area contributed by atoms with E-state index >= 15 is 0 Å². The molecule has 19 heavy (non-hydrogen) atoms. The van der Waals surface area contributed by atoms with Crippen LogP contribution in [0.4, 0.5) is 10.5 Å². The molecule has 1 amide bonds. The number of rotatable bonds is 3. The molecule has 0 radical (unpaired) electrons. The SMILES string of the molecule is CCOC(=O)N[C@H]1CCCN(c2cncc(Br)c2)C1. The maximum Gasteiger partial charge on any atom is 0.407 e. The molecule has 0 aromatic carbocycles. The predicted octanol–water partition coefficient (Wildman–Crippen LogP) is 2.56. The summed E-state index contributed by atoms with van der Waals surface area (Å²) >= 11 is 3.43. The van der Waals surface area contributed by atoms with Gasteiger partial charge in [0.2, 0.25) is 0 Å². The number of pyridine rings is 1. The quantitative estimate of drug-likeness (QED) is 0.927. The molecule has 1 saturated heterocycles. The zero-order valence-electron chi connectivity index (χ0n) is 10.9. The van der Waals surface area contributed by atoms with Gasteiger partial charge in [0.1, 0.15) is 0 Å². The van der Waals surface area contributed by atoms with Gasteiger partial charge in [0.15, 0.2) is 0 Å². The Balaban J connectivity index is 1.95. The van der Waals surface area contributed by atoms with E-state index in [0.29, 0.717) is 6.61 Å². The lowest BCUT2D eigenvalue weighted by Crippen LogP contribution is -2.48. The lowest BCUT2D eigenvalue weighted by molar-refractivity contribution is 0.146. The van der Waals surface area contributed by atoms with Crippen LogP contribution < -0.4 is 10.2 Å². The Kier molecular flexibility index (Phi) is 5.01. The summed E-state index contributed by atoms with van der Waals surface area (Å²) in [4.78, 5) is 17.8. The van der Waals surface area contributed by atoms with Crippen LogP contribution in [0.1, 0.15) is 19.8 Å². The van der Waals surface area contributed by atoms with E-state index in [4.69, 9.17) is 4.74 Å². The molecule has 0 bridgehead atoms. The second-order valence-corrected chi connectivity index (χ2v) is 5.43. The Bertz CT molecular complexity index is 442. The average Bonchev–Trinajstić information content (AvgIpc) is 2.39. The van der Waals surface area contributed by atoms with Crippen LogP contribution in [-0.4, -0.2) is 36.8 Å². The van der Waals surface area contributed by atoms with E-state index in [0.717, 1.165) is 36.1 Å². The summed E-state index contributed by atoms with van der Waals surface area (Å²) in [6.07, 6.45) is 5.31. The Morgan fingerprint density at radius 3 is 3.21 bits per heavy atom. The highest BCUT2D eigenvalue weighted by Crippen LogP contribution is 2.22. The number of ether oxygens (including phenoxy) is 1. The molecule has 104 valence electrons. The van der Waals surface area contributed by atoms with Crippen LogP contribution in [0.5, 0.6) is 0 Å². The Morgan fingerprint density at radius 2 is 2.47 bits per heavy atom. The lowest BCUT2D eigenvalue weighted by Gasteiger charge is -2.34. The molecular formula is C13H18BrN3O2. The molecule has 2 heterocycles. The first-order valence-corrected chi connectivity index (χ1v) is 7.27. The fourth-order valence-electron chi connectivity index (χ4n) is 2.24. The lowest BCUT2D eigenvalue weighted by atomic mass is 10.1. The van der Waals surface area contributed by atoms with Gasteiger partial charge in [0.05, 0.1) is 18.5 Å². The maximum atomic E-state index is 11.4. The molecule has 1 aliphatic heterocycles. The monoisotopic (exact) mass is 327 g/mol. The Hall–Kier alpha value is -1.30. The van der Waals surface area contributed by atoms with Crippen LogP contribution in [0.25, 0.3) is 0 Å². The maximum absolute atomic E-state index is 11.4. The third-order valence-corrected chi connectivity index (χ3v) is 3.51. The number of aromatic nitrogens is 1. The first-order valence-electron chi connectivity index (χ1n) is 6.48. The number of carbonyl (C=O) groups excluding carboxylic acids is 1. The van der Waals surface area contributed by atoms with Crippen LogP contribution in [0.3, 0.4) is 0 Å². The summed E-state index contributed by atoms with van der Waals surface area (Å²) in [6.45, 7) is 3.98. The van der Waals surface area contributed by atoms with Crippen molar-refractivity contribution in [2.45, 2.75) is 25.8 Å². The van der Waals surface area contributed by atoms with Gasteiger partial charge < -0.3 is 15.0 Å². The van der Waals surface area contributed by atoms with Gasteiger partial charge in [-0.3, -0.25) is 4.98 Å². The van der Waals surface area contributed by atoms with Gasteiger partial charge in [0.25, 0.3) is 0 Å². The number of halogens is 1. The van der Waals surface area contributed by atoms with Gasteiger partial charge in [-0.1, -0.05) is 0 Å². The molecule has 1 fully saturated rings. The molecule has 1 aromatic rings. The summed E-state index contributed by atoms with van der Waals surface area (Å²) in [5.74, 6) is 0. The number of anilines is 1. The zero-order chi connectivity index (χ0) is 13.7. The number of alkyl carbamates (subject to hydrolysis) is 1. The van der Waals surface area contributed by atoms with Gasteiger partial charge in [-0.05, 0) is 41.8 Å². The second kappa shape index (κ2) is 6.75. The highest BCUT2D eigenvalue weighted by Gasteiger charge is 2.22. The van der Waals surface area contributed by atoms with Crippen LogP contribution in [0.2, 0.25) is 0 Å². The van der Waals surface area contributed by atoms with Crippen LogP contribution in [-0.2, 0) is 4.74 Å². The summed E-state index contributed by atoms with van der Waals surface area (Å²) in [6, 6.07) is 2.17. The van der Waals surface area contributed by atoms with Crippen molar-refractivity contribution in [2.24, 2.45) is 0 Å². The van der Waals surface area contributed by atoms with E-state index in [1.165, 1.54) is 0 Å². The molecule has 1 N–H and O–H groups in total. The third kappa shape index (κ3) is 4.09. The van der Waals surface area contributed by atoms with E-state index in [2.05, 4.69) is 31.1 Å². The van der Waals surface area contributed by atoms with Crippen molar-refractivity contribution in [1.82, 2.24) is 10.3 Å². The van der Waals surface area contributed by atoms with Crippen LogP contribution in [0.15, 0.2) is 22.9 Å². The number of hydrogen-bond donors (Lipinski definition) is 1. The highest BCUT2D eigenvalue weighted by atomic mass is 79.9. The van der Waals surface area contributed by atoms with Gasteiger partial charge in [-0.15, -0.1) is 0 Å². The summed E-state index contributed by atoms with van der Waals surface area (Å²) < 4.78 is 5.88. The van der Waals surface area contributed by atoms with Crippen molar-refractivity contribution in [3.8, 4) is 0 Å². The van der Waals surface area contributed by atoms with Crippen molar-refractivity contribution < 1.29 is 9.53 Å². The Morgan fingerprint density at radius 1 is 1.63 bits per heavy atom. The van der Waals surface area contributed by atoms with E-state index in [1.54, 1.807) is 13.1 Å². The first-order chi connectivity index (χ1) is 9.19. The highest BCUT2D eigenvalue weighted by molar-refractivity contribution is 9.10. The van der Waals surface area contributed by atoms with Crippen molar-refractivity contribution in [1.29, 1.82) is 0 Å². The standard InChI is InChI=1S/C13H18BrN3O2/c1-2-19-13(18)16-11-4-3-5-17(9-11)12-6-10(14)7-15-8-12/h6-8,11H,2-5,9H2,1H3,(H,16,18)/t11-/m0/s1. The molecule has 0 spiro atoms. The smallest absolute Gasteiger partial charge is 0.407 e. The fraction of sp³-hybridized carbons (Fsp3) is 0.538. The van der Waals surface area contributed by atoms with Gasteiger partial charge in [0, 0.05) is 29.8 Å². The Labute approximate surface area is 121 Å². The third-order valence-electron chi connectivity index (χ3n) is 3.07. The predicted molar refractivity (Wildman–Crippen MR) is 77.3 cm³/mol. The van der Waals surface area contributed by atoms with Crippen LogP contribution >= 0.6 is 15.9 Å². The van der Waals surface area contributed by atoms with Gasteiger partial charge in [-0.2, -0.15) is 0 Å². The summed E-state index contributed by atoms with van der Waals surface area (Å²) in [5, 5.41) is 2.90. The average molecular weight is 328 g/mol. The fourth-order valence-corrected chi connectivity index (χ4v) is 2.60. The molecule has 1 atom stereocenters. The molecule has 2 rings (SSSR count). The number of hydrogen-bond acceptors (Lipinski definition) is 4. The van der Waals surface area contributed by atoms with Crippen molar-refractivity contribution in [3.63, 3.8) is 0 Å². The van der Waals surface area contributed by atoms with E-state index < -0.39 is 0 Å². The molecule has 1 aromatic heterocycles. The van der Waals surface area contributed by atoms with E-state index in [1.807, 2.05) is 12.3 Å². The topological polar surface area (TPSA) is 54.5 Å². The van der Waals surface area contributed by atoms with Crippen LogP contribution in [0, 0.1) is 0 Å². The normalized spacial score (nSPS) is 19.1. The number of piperidine rings is 1. The van der Waals surface area contributed by atoms with Crippen molar-refractivity contribution >= 4 is 27.7 Å².